The molecule has 30 heavy (non-hydrogen) atoms. The highest BCUT2D eigenvalue weighted by molar-refractivity contribution is 7.80. The summed E-state index contributed by atoms with van der Waals surface area (Å²) in [6.45, 7) is 0. The van der Waals surface area contributed by atoms with Crippen molar-refractivity contribution >= 4 is 17.3 Å². The molecule has 1 N–H and O–H groups in total. The Bertz CT molecular complexity index is 1030. The van der Waals surface area contributed by atoms with E-state index in [1.165, 1.54) is 31.4 Å². The maximum Gasteiger partial charge on any atom is 0.170 e. The van der Waals surface area contributed by atoms with Gasteiger partial charge >= 0.3 is 0 Å². The van der Waals surface area contributed by atoms with Gasteiger partial charge in [0.1, 0.15) is 5.75 Å². The van der Waals surface area contributed by atoms with E-state index in [-0.39, 0.29) is 12.1 Å². The molecule has 0 unspecified atom stereocenters. The van der Waals surface area contributed by atoms with Crippen LogP contribution in [0.5, 0.6) is 5.75 Å². The minimum Gasteiger partial charge on any atom is -0.497 e. The molecule has 2 fully saturated rings. The molecule has 3 heterocycles. The average molecular weight is 419 g/mol. The quantitative estimate of drug-likeness (QED) is 0.603. The molecule has 0 bridgehead atoms. The number of hydrogen-bond acceptors (Lipinski definition) is 3. The summed E-state index contributed by atoms with van der Waals surface area (Å²) in [5.74, 6) is 0.848. The van der Waals surface area contributed by atoms with Gasteiger partial charge < -0.3 is 19.5 Å². The minimum atomic E-state index is 0.0126. The molecule has 6 heteroatoms. The number of pyridine rings is 1. The number of hydrogen-bond donors (Lipinski definition) is 1. The maximum absolute atomic E-state index is 5.86. The zero-order valence-corrected chi connectivity index (χ0v) is 17.9. The first-order chi connectivity index (χ1) is 14.8. The first kappa shape index (κ1) is 19.1. The van der Waals surface area contributed by atoms with Crippen LogP contribution in [0.2, 0.25) is 0 Å². The lowest BCUT2D eigenvalue weighted by Gasteiger charge is -2.33. The normalized spacial score (nSPS) is 21.8. The summed E-state index contributed by atoms with van der Waals surface area (Å²) >= 11 is 5.86. The highest BCUT2D eigenvalue weighted by Crippen LogP contribution is 2.43. The molecule has 1 aliphatic heterocycles. The number of rotatable bonds is 5. The molecule has 0 spiro atoms. The van der Waals surface area contributed by atoms with Gasteiger partial charge in [-0.15, -0.1) is 0 Å². The molecule has 5 rings (SSSR count). The van der Waals surface area contributed by atoms with Crippen LogP contribution in [0.25, 0.3) is 5.69 Å². The molecule has 3 aromatic rings. The average Bonchev–Trinajstić information content (AvgIpc) is 3.53. The molecule has 1 aliphatic carbocycles. The van der Waals surface area contributed by atoms with Crippen molar-refractivity contribution in [1.82, 2.24) is 19.8 Å². The minimum absolute atomic E-state index is 0.0126. The van der Waals surface area contributed by atoms with Gasteiger partial charge in [0, 0.05) is 35.9 Å². The molecule has 0 amide bonds. The maximum atomic E-state index is 5.86. The SMILES string of the molecule is COc1cccc(-n2cccc2[C@H]2[C@@H](c3ccccn3)NC(=S)N2C2CCCC2)c1. The predicted molar refractivity (Wildman–Crippen MR) is 122 cm³/mol. The predicted octanol–water partition coefficient (Wildman–Crippen LogP) is 4.80. The van der Waals surface area contributed by atoms with Crippen molar-refractivity contribution in [1.29, 1.82) is 0 Å². The van der Waals surface area contributed by atoms with Gasteiger partial charge in [0.25, 0.3) is 0 Å². The standard InChI is InChI=1S/C24H26N4OS/c1-29-19-11-6-10-18(16-19)27-15-7-13-21(27)23-22(20-12-4-5-14-25-20)26-24(30)28(23)17-8-2-3-9-17/h4-7,10-17,22-23H,2-3,8-9H2,1H3,(H,26,30)/t22-,23+/m1/s1. The molecule has 1 saturated carbocycles. The van der Waals surface area contributed by atoms with Crippen LogP contribution in [0.3, 0.4) is 0 Å². The van der Waals surface area contributed by atoms with E-state index in [4.69, 9.17) is 17.0 Å². The molecule has 2 aromatic heterocycles. The summed E-state index contributed by atoms with van der Waals surface area (Å²) in [5.41, 5.74) is 3.31. The molecule has 154 valence electrons. The van der Waals surface area contributed by atoms with Crippen LogP contribution in [0.1, 0.15) is 49.2 Å². The molecule has 2 aliphatic rings. The molecule has 1 aromatic carbocycles. The molecule has 0 radical (unpaired) electrons. The van der Waals surface area contributed by atoms with Crippen LogP contribution < -0.4 is 10.1 Å². The van der Waals surface area contributed by atoms with Gasteiger partial charge in [-0.25, -0.2) is 0 Å². The van der Waals surface area contributed by atoms with Crippen molar-refractivity contribution in [2.45, 2.75) is 43.8 Å². The van der Waals surface area contributed by atoms with Crippen LogP contribution in [0.4, 0.5) is 0 Å². The van der Waals surface area contributed by atoms with E-state index >= 15 is 0 Å². The number of nitrogens with one attached hydrogen (secondary N) is 1. The third-order valence-corrected chi connectivity index (χ3v) is 6.60. The van der Waals surface area contributed by atoms with Gasteiger partial charge in [0.2, 0.25) is 0 Å². The van der Waals surface area contributed by atoms with Gasteiger partial charge in [0.05, 0.1) is 24.9 Å². The van der Waals surface area contributed by atoms with E-state index in [0.29, 0.717) is 6.04 Å². The Labute approximate surface area is 182 Å². The number of methoxy groups -OCH3 is 1. The number of benzene rings is 1. The summed E-state index contributed by atoms with van der Waals surface area (Å²) in [7, 11) is 1.70. The molecule has 5 nitrogen and oxygen atoms in total. The van der Waals surface area contributed by atoms with E-state index in [1.807, 2.05) is 30.5 Å². The monoisotopic (exact) mass is 418 g/mol. The lowest BCUT2D eigenvalue weighted by Crippen LogP contribution is -2.38. The second-order valence-electron chi connectivity index (χ2n) is 7.98. The zero-order chi connectivity index (χ0) is 20.5. The Morgan fingerprint density at radius 3 is 2.70 bits per heavy atom. The second kappa shape index (κ2) is 8.11. The number of ether oxygens (including phenoxy) is 1. The van der Waals surface area contributed by atoms with Crippen LogP contribution in [-0.2, 0) is 0 Å². The van der Waals surface area contributed by atoms with Crippen molar-refractivity contribution in [2.75, 3.05) is 7.11 Å². The van der Waals surface area contributed by atoms with Crippen molar-refractivity contribution < 1.29 is 4.74 Å². The topological polar surface area (TPSA) is 42.3 Å². The molecular weight excluding hydrogens is 392 g/mol. The molecular formula is C24H26N4OS. The van der Waals surface area contributed by atoms with E-state index in [9.17, 15) is 0 Å². The largest absolute Gasteiger partial charge is 0.497 e. The number of nitrogens with zero attached hydrogens (tertiary/aromatic N) is 3. The number of thiocarbonyl (C=S) groups is 1. The van der Waals surface area contributed by atoms with Crippen LogP contribution >= 0.6 is 12.2 Å². The zero-order valence-electron chi connectivity index (χ0n) is 17.1. The van der Waals surface area contributed by atoms with Gasteiger partial charge in [-0.2, -0.15) is 0 Å². The van der Waals surface area contributed by atoms with Gasteiger partial charge in [-0.1, -0.05) is 25.0 Å². The Kier molecular flexibility index (Phi) is 5.17. The van der Waals surface area contributed by atoms with Gasteiger partial charge in [-0.05, 0) is 61.5 Å². The Balaban J connectivity index is 1.61. The Hall–Kier alpha value is -2.86. The fourth-order valence-corrected chi connectivity index (χ4v) is 5.28. The van der Waals surface area contributed by atoms with Crippen molar-refractivity contribution in [2.24, 2.45) is 0 Å². The summed E-state index contributed by atoms with van der Waals surface area (Å²) in [4.78, 5) is 7.11. The highest BCUT2D eigenvalue weighted by Gasteiger charge is 2.44. The van der Waals surface area contributed by atoms with Crippen molar-refractivity contribution in [3.63, 3.8) is 0 Å². The fourth-order valence-electron chi connectivity index (χ4n) is 4.89. The third-order valence-electron chi connectivity index (χ3n) is 6.27. The van der Waals surface area contributed by atoms with Gasteiger partial charge in [0.15, 0.2) is 5.11 Å². The molecule has 2 atom stereocenters. The van der Waals surface area contributed by atoms with Gasteiger partial charge in [-0.3, -0.25) is 4.98 Å². The fraction of sp³-hybridized carbons (Fsp3) is 0.333. The first-order valence-corrected chi connectivity index (χ1v) is 11.0. The summed E-state index contributed by atoms with van der Waals surface area (Å²) < 4.78 is 7.71. The van der Waals surface area contributed by atoms with E-state index in [1.54, 1.807) is 7.11 Å². The van der Waals surface area contributed by atoms with Crippen molar-refractivity contribution in [3.8, 4) is 11.4 Å². The molecule has 1 saturated heterocycles. The van der Waals surface area contributed by atoms with Crippen LogP contribution in [-0.4, -0.2) is 32.7 Å². The summed E-state index contributed by atoms with van der Waals surface area (Å²) in [6, 6.07) is 19.2. The summed E-state index contributed by atoms with van der Waals surface area (Å²) in [6.07, 6.45) is 8.88. The lowest BCUT2D eigenvalue weighted by atomic mass is 9.99. The second-order valence-corrected chi connectivity index (χ2v) is 8.36. The van der Waals surface area contributed by atoms with E-state index in [0.717, 1.165) is 22.2 Å². The Morgan fingerprint density at radius 2 is 1.93 bits per heavy atom. The van der Waals surface area contributed by atoms with Crippen LogP contribution in [0, 0.1) is 0 Å². The third kappa shape index (κ3) is 3.35. The highest BCUT2D eigenvalue weighted by atomic mass is 32.1. The summed E-state index contributed by atoms with van der Waals surface area (Å²) in [5, 5.41) is 4.43. The lowest BCUT2D eigenvalue weighted by molar-refractivity contribution is 0.239. The first-order valence-electron chi connectivity index (χ1n) is 10.6. The van der Waals surface area contributed by atoms with Crippen LogP contribution in [0.15, 0.2) is 67.0 Å². The van der Waals surface area contributed by atoms with Crippen molar-refractivity contribution in [3.05, 3.63) is 78.4 Å². The number of aromatic nitrogens is 2. The Morgan fingerprint density at radius 1 is 1.07 bits per heavy atom. The smallest absolute Gasteiger partial charge is 0.170 e. The van der Waals surface area contributed by atoms with E-state index < -0.39 is 0 Å². The van der Waals surface area contributed by atoms with E-state index in [2.05, 4.69) is 56.3 Å².